The molecule has 0 N–H and O–H groups in total. The maximum Gasteiger partial charge on any atom is 0.0434 e. The second-order valence-electron chi connectivity index (χ2n) is 7.03. The van der Waals surface area contributed by atoms with Crippen molar-refractivity contribution in [2.24, 2.45) is 5.92 Å². The molecule has 0 amide bonds. The van der Waals surface area contributed by atoms with E-state index in [1.54, 1.807) is 0 Å². The number of nitrogens with zero attached hydrogens (tertiary/aromatic N) is 1. The van der Waals surface area contributed by atoms with Crippen LogP contribution in [0.4, 0.5) is 0 Å². The molecule has 1 heteroatoms. The van der Waals surface area contributed by atoms with Crippen LogP contribution in [0.25, 0.3) is 11.1 Å². The smallest absolute Gasteiger partial charge is 0.0434 e. The minimum atomic E-state index is 0.680. The number of aryl methyl sites for hydroxylation is 1. The maximum absolute atomic E-state index is 4.79. The Morgan fingerprint density at radius 2 is 1.57 bits per heavy atom. The van der Waals surface area contributed by atoms with E-state index in [2.05, 4.69) is 56.4 Å². The first kappa shape index (κ1) is 16.2. The number of benzene rings is 1. The summed E-state index contributed by atoms with van der Waals surface area (Å²) < 4.78 is 0. The molecule has 3 rings (SSSR count). The minimum Gasteiger partial charge on any atom is -0.260 e. The third kappa shape index (κ3) is 4.02. The molecule has 1 nitrogen and oxygen atoms in total. The van der Waals surface area contributed by atoms with Gasteiger partial charge >= 0.3 is 0 Å². The van der Waals surface area contributed by atoms with Crippen molar-refractivity contribution >= 4 is 0 Å². The van der Waals surface area contributed by atoms with Crippen LogP contribution in [0, 0.1) is 5.92 Å². The molecule has 0 atom stereocenters. The van der Waals surface area contributed by atoms with E-state index >= 15 is 0 Å². The Morgan fingerprint density at radius 3 is 2.13 bits per heavy atom. The van der Waals surface area contributed by atoms with E-state index in [-0.39, 0.29) is 0 Å². The number of hydrogen-bond acceptors (Lipinski definition) is 1. The Bertz CT molecular complexity index is 589. The van der Waals surface area contributed by atoms with Crippen LogP contribution < -0.4 is 0 Å². The first-order valence-electron chi connectivity index (χ1n) is 9.35. The quantitative estimate of drug-likeness (QED) is 0.624. The van der Waals surface area contributed by atoms with Crippen molar-refractivity contribution in [2.45, 2.75) is 64.7 Å². The summed E-state index contributed by atoms with van der Waals surface area (Å²) >= 11 is 0. The van der Waals surface area contributed by atoms with Crippen LogP contribution in [0.15, 0.2) is 42.6 Å². The van der Waals surface area contributed by atoms with Crippen molar-refractivity contribution in [3.63, 3.8) is 0 Å². The standard InChI is InChI=1S/C22H29N/c1-3-5-18-8-12-20(13-9-18)22-15-14-21(16-23-22)19-10-6-17(4-2)7-11-19/h6-7,10-11,14-16,18,20H,3-5,8-9,12-13H2,1-2H3. The molecular weight excluding hydrogens is 278 g/mol. The van der Waals surface area contributed by atoms with Gasteiger partial charge in [-0.25, -0.2) is 0 Å². The summed E-state index contributed by atoms with van der Waals surface area (Å²) in [6.45, 7) is 4.50. The van der Waals surface area contributed by atoms with E-state index in [4.69, 9.17) is 4.98 Å². The van der Waals surface area contributed by atoms with Crippen molar-refractivity contribution < 1.29 is 0 Å². The lowest BCUT2D eigenvalue weighted by molar-refractivity contribution is 0.305. The highest BCUT2D eigenvalue weighted by atomic mass is 14.7. The second-order valence-corrected chi connectivity index (χ2v) is 7.03. The van der Waals surface area contributed by atoms with Crippen LogP contribution in [-0.2, 0) is 6.42 Å². The van der Waals surface area contributed by atoms with Crippen molar-refractivity contribution in [3.05, 3.63) is 53.9 Å². The zero-order valence-corrected chi connectivity index (χ0v) is 14.6. The lowest BCUT2D eigenvalue weighted by Crippen LogP contribution is -2.14. The third-order valence-corrected chi connectivity index (χ3v) is 5.44. The maximum atomic E-state index is 4.79. The van der Waals surface area contributed by atoms with Crippen LogP contribution in [0.2, 0.25) is 0 Å². The Hall–Kier alpha value is -1.63. The molecule has 1 heterocycles. The molecule has 122 valence electrons. The molecule has 0 aliphatic heterocycles. The highest BCUT2D eigenvalue weighted by Crippen LogP contribution is 2.37. The van der Waals surface area contributed by atoms with Crippen molar-refractivity contribution in [1.82, 2.24) is 4.98 Å². The fourth-order valence-corrected chi connectivity index (χ4v) is 3.91. The number of pyridine rings is 1. The molecule has 1 fully saturated rings. The van der Waals surface area contributed by atoms with Gasteiger partial charge in [0.05, 0.1) is 0 Å². The van der Waals surface area contributed by atoms with Gasteiger partial charge < -0.3 is 0 Å². The van der Waals surface area contributed by atoms with Gasteiger partial charge in [0.15, 0.2) is 0 Å². The predicted octanol–water partition coefficient (Wildman–Crippen LogP) is 6.38. The van der Waals surface area contributed by atoms with Gasteiger partial charge in [-0.05, 0) is 55.2 Å². The highest BCUT2D eigenvalue weighted by Gasteiger charge is 2.22. The summed E-state index contributed by atoms with van der Waals surface area (Å²) in [5, 5.41) is 0. The molecule has 23 heavy (non-hydrogen) atoms. The molecule has 0 bridgehead atoms. The van der Waals surface area contributed by atoms with Crippen LogP contribution in [0.5, 0.6) is 0 Å². The van der Waals surface area contributed by atoms with Crippen LogP contribution >= 0.6 is 0 Å². The van der Waals surface area contributed by atoms with E-state index < -0.39 is 0 Å². The van der Waals surface area contributed by atoms with Gasteiger partial charge in [-0.1, -0.05) is 57.0 Å². The molecule has 0 unspecified atom stereocenters. The monoisotopic (exact) mass is 307 g/mol. The van der Waals surface area contributed by atoms with E-state index in [1.165, 1.54) is 60.9 Å². The molecular formula is C22H29N. The number of hydrogen-bond donors (Lipinski definition) is 0. The summed E-state index contributed by atoms with van der Waals surface area (Å²) in [4.78, 5) is 4.79. The van der Waals surface area contributed by atoms with E-state index in [0.717, 1.165) is 12.3 Å². The van der Waals surface area contributed by atoms with Gasteiger partial charge in [-0.3, -0.25) is 4.98 Å². The summed E-state index contributed by atoms with van der Waals surface area (Å²) in [7, 11) is 0. The van der Waals surface area contributed by atoms with Gasteiger partial charge in [0.25, 0.3) is 0 Å². The highest BCUT2D eigenvalue weighted by molar-refractivity contribution is 5.62. The zero-order chi connectivity index (χ0) is 16.1. The first-order valence-corrected chi connectivity index (χ1v) is 9.35. The molecule has 1 aromatic carbocycles. The molecule has 0 spiro atoms. The Labute approximate surface area is 141 Å². The normalized spacial score (nSPS) is 21.3. The SMILES string of the molecule is CCCC1CCC(c2ccc(-c3ccc(CC)cc3)cn2)CC1. The van der Waals surface area contributed by atoms with Crippen molar-refractivity contribution in [3.8, 4) is 11.1 Å². The van der Waals surface area contributed by atoms with Crippen molar-refractivity contribution in [2.75, 3.05) is 0 Å². The average Bonchev–Trinajstić information content (AvgIpc) is 2.63. The lowest BCUT2D eigenvalue weighted by atomic mass is 9.78. The third-order valence-electron chi connectivity index (χ3n) is 5.44. The van der Waals surface area contributed by atoms with Crippen LogP contribution in [-0.4, -0.2) is 4.98 Å². The molecule has 1 saturated carbocycles. The first-order chi connectivity index (χ1) is 11.3. The molecule has 2 aromatic rings. The molecule has 1 aromatic heterocycles. The number of rotatable bonds is 5. The molecule has 0 saturated heterocycles. The zero-order valence-electron chi connectivity index (χ0n) is 14.6. The minimum absolute atomic E-state index is 0.680. The van der Waals surface area contributed by atoms with Gasteiger partial charge in [0, 0.05) is 23.4 Å². The topological polar surface area (TPSA) is 12.9 Å². The predicted molar refractivity (Wildman–Crippen MR) is 98.7 cm³/mol. The lowest BCUT2D eigenvalue weighted by Gasteiger charge is -2.28. The van der Waals surface area contributed by atoms with Crippen molar-refractivity contribution in [1.29, 1.82) is 0 Å². The Kier molecular flexibility index (Phi) is 5.48. The van der Waals surface area contributed by atoms with E-state index in [0.29, 0.717) is 5.92 Å². The van der Waals surface area contributed by atoms with E-state index in [1.807, 2.05) is 0 Å². The fourth-order valence-electron chi connectivity index (χ4n) is 3.91. The molecule has 0 radical (unpaired) electrons. The Morgan fingerprint density at radius 1 is 0.870 bits per heavy atom. The average molecular weight is 307 g/mol. The molecule has 1 aliphatic carbocycles. The van der Waals surface area contributed by atoms with Gasteiger partial charge in [0.1, 0.15) is 0 Å². The summed E-state index contributed by atoms with van der Waals surface area (Å²) in [5.41, 5.74) is 5.19. The fraction of sp³-hybridized carbons (Fsp3) is 0.500. The number of aromatic nitrogens is 1. The summed E-state index contributed by atoms with van der Waals surface area (Å²) in [6, 6.07) is 13.4. The van der Waals surface area contributed by atoms with Gasteiger partial charge in [-0.2, -0.15) is 0 Å². The Balaban J connectivity index is 1.65. The van der Waals surface area contributed by atoms with Crippen LogP contribution in [0.3, 0.4) is 0 Å². The largest absolute Gasteiger partial charge is 0.260 e. The summed E-state index contributed by atoms with van der Waals surface area (Å²) in [6.07, 6.45) is 11.3. The molecule has 1 aliphatic rings. The summed E-state index contributed by atoms with van der Waals surface area (Å²) in [5.74, 6) is 1.65. The van der Waals surface area contributed by atoms with E-state index in [9.17, 15) is 0 Å². The van der Waals surface area contributed by atoms with Crippen LogP contribution in [0.1, 0.15) is 69.5 Å². The van der Waals surface area contributed by atoms with Gasteiger partial charge in [0.2, 0.25) is 0 Å². The second kappa shape index (κ2) is 7.77. The van der Waals surface area contributed by atoms with Gasteiger partial charge in [-0.15, -0.1) is 0 Å².